The van der Waals surface area contributed by atoms with Crippen LogP contribution in [0.3, 0.4) is 0 Å². The number of benzene rings is 1. The van der Waals surface area contributed by atoms with Crippen molar-refractivity contribution in [2.75, 3.05) is 42.5 Å². The summed E-state index contributed by atoms with van der Waals surface area (Å²) in [5.74, 6) is 0.922. The van der Waals surface area contributed by atoms with Gasteiger partial charge in [0, 0.05) is 52.4 Å². The monoisotopic (exact) mass is 536 g/mol. The SMILES string of the molecule is CC(C)n1c(=O)c2cnc(Nc3ccc(N4CCOCC4=O)cc3)nc2n1-c1cccc(N=S(C)(C)=O)n1. The van der Waals surface area contributed by atoms with E-state index in [0.717, 1.165) is 5.69 Å². The van der Waals surface area contributed by atoms with E-state index in [2.05, 4.69) is 24.6 Å². The summed E-state index contributed by atoms with van der Waals surface area (Å²) in [7, 11) is -2.42. The number of carbonyl (C=O) groups is 1. The second-order valence-corrected chi connectivity index (χ2v) is 11.9. The van der Waals surface area contributed by atoms with Crippen LogP contribution in [0.5, 0.6) is 0 Å². The van der Waals surface area contributed by atoms with Crippen LogP contribution in [0, 0.1) is 0 Å². The Morgan fingerprint density at radius 2 is 1.84 bits per heavy atom. The number of nitrogens with zero attached hydrogens (tertiary/aromatic N) is 7. The lowest BCUT2D eigenvalue weighted by Crippen LogP contribution is -2.41. The second-order valence-electron chi connectivity index (χ2n) is 9.38. The molecule has 5 rings (SSSR count). The van der Waals surface area contributed by atoms with Crippen molar-refractivity contribution < 1.29 is 13.7 Å². The molecule has 0 unspecified atom stereocenters. The van der Waals surface area contributed by atoms with E-state index in [-0.39, 0.29) is 30.1 Å². The maximum Gasteiger partial charge on any atom is 0.278 e. The Labute approximate surface area is 219 Å². The maximum absolute atomic E-state index is 13.3. The first-order valence-electron chi connectivity index (χ1n) is 12.0. The van der Waals surface area contributed by atoms with Crippen LogP contribution in [0.25, 0.3) is 16.9 Å². The van der Waals surface area contributed by atoms with Crippen molar-refractivity contribution in [3.05, 3.63) is 59.0 Å². The van der Waals surface area contributed by atoms with Gasteiger partial charge in [0.2, 0.25) is 5.95 Å². The number of ether oxygens (including phenoxy) is 1. The zero-order valence-corrected chi connectivity index (χ0v) is 22.3. The van der Waals surface area contributed by atoms with Crippen LogP contribution < -0.4 is 15.8 Å². The van der Waals surface area contributed by atoms with Gasteiger partial charge < -0.3 is 15.0 Å². The summed E-state index contributed by atoms with van der Waals surface area (Å²) in [6.07, 6.45) is 4.56. The number of hydrogen-bond donors (Lipinski definition) is 1. The molecule has 0 aliphatic carbocycles. The van der Waals surface area contributed by atoms with E-state index in [1.54, 1.807) is 32.5 Å². The number of aromatic nitrogens is 5. The molecule has 3 aromatic heterocycles. The largest absolute Gasteiger partial charge is 0.370 e. The Bertz CT molecular complexity index is 1690. The van der Waals surface area contributed by atoms with Crippen LogP contribution in [0.4, 0.5) is 23.1 Å². The zero-order chi connectivity index (χ0) is 27.0. The molecule has 1 aliphatic heterocycles. The first-order chi connectivity index (χ1) is 18.1. The van der Waals surface area contributed by atoms with Gasteiger partial charge in [0.1, 0.15) is 12.0 Å². The van der Waals surface area contributed by atoms with E-state index in [1.165, 1.54) is 18.7 Å². The Balaban J connectivity index is 1.54. The van der Waals surface area contributed by atoms with E-state index in [1.807, 2.05) is 38.1 Å². The summed E-state index contributed by atoms with van der Waals surface area (Å²) in [5.41, 5.74) is 1.61. The molecule has 1 amide bonds. The lowest BCUT2D eigenvalue weighted by molar-refractivity contribution is -0.125. The number of anilines is 3. The van der Waals surface area contributed by atoms with Crippen molar-refractivity contribution >= 4 is 49.8 Å². The molecule has 1 aliphatic rings. The molecule has 12 nitrogen and oxygen atoms in total. The number of hydrogen-bond acceptors (Lipinski definition) is 9. The van der Waals surface area contributed by atoms with Gasteiger partial charge in [-0.15, -0.1) is 0 Å². The van der Waals surface area contributed by atoms with Gasteiger partial charge in [0.15, 0.2) is 17.3 Å². The number of carbonyl (C=O) groups excluding carboxylic acids is 1. The molecule has 0 saturated carbocycles. The van der Waals surface area contributed by atoms with Gasteiger partial charge in [0.25, 0.3) is 11.5 Å². The molecule has 1 N–H and O–H groups in total. The number of nitrogens with one attached hydrogen (secondary N) is 1. The average molecular weight is 537 g/mol. The topological polar surface area (TPSA) is 137 Å². The minimum Gasteiger partial charge on any atom is -0.370 e. The predicted octanol–water partition coefficient (Wildman–Crippen LogP) is 3.02. The lowest BCUT2D eigenvalue weighted by atomic mass is 10.2. The van der Waals surface area contributed by atoms with Crippen LogP contribution in [0.15, 0.2) is 57.8 Å². The summed E-state index contributed by atoms with van der Waals surface area (Å²) in [5, 5.41) is 3.50. The summed E-state index contributed by atoms with van der Waals surface area (Å²) < 4.78 is 24.8. The van der Waals surface area contributed by atoms with E-state index in [0.29, 0.717) is 41.5 Å². The van der Waals surface area contributed by atoms with Crippen molar-refractivity contribution in [3.63, 3.8) is 0 Å². The van der Waals surface area contributed by atoms with Gasteiger partial charge in [-0.05, 0) is 50.2 Å². The molecule has 1 fully saturated rings. The molecule has 0 bridgehead atoms. The maximum atomic E-state index is 13.3. The predicted molar refractivity (Wildman–Crippen MR) is 146 cm³/mol. The normalized spacial score (nSPS) is 14.3. The number of morpholine rings is 1. The quantitative estimate of drug-likeness (QED) is 0.397. The summed E-state index contributed by atoms with van der Waals surface area (Å²) in [6.45, 7) is 4.87. The smallest absolute Gasteiger partial charge is 0.278 e. The summed E-state index contributed by atoms with van der Waals surface area (Å²) in [6, 6.07) is 12.3. The Morgan fingerprint density at radius 3 is 2.53 bits per heavy atom. The van der Waals surface area contributed by atoms with Crippen molar-refractivity contribution in [3.8, 4) is 5.82 Å². The minimum absolute atomic E-state index is 0.0766. The number of amides is 1. The van der Waals surface area contributed by atoms with E-state index in [9.17, 15) is 13.8 Å². The Morgan fingerprint density at radius 1 is 1.08 bits per heavy atom. The Hall–Kier alpha value is -4.10. The van der Waals surface area contributed by atoms with Gasteiger partial charge in [-0.25, -0.2) is 23.5 Å². The standard InChI is InChI=1S/C25H28N8O4S/c1-16(2)32-24(35)19-14-26-25(27-17-8-10-18(11-9-17)31-12-13-37-15-22(31)34)29-23(19)33(32)21-7-5-6-20(28-21)30-38(3,4)36/h5-11,14,16H,12-13,15H2,1-4H3,(H,26,27,29). The lowest BCUT2D eigenvalue weighted by Gasteiger charge is -2.26. The number of fused-ring (bicyclic) bond motifs is 1. The fourth-order valence-corrected chi connectivity index (χ4v) is 4.75. The van der Waals surface area contributed by atoms with Gasteiger partial charge in [-0.3, -0.25) is 9.59 Å². The highest BCUT2D eigenvalue weighted by Gasteiger charge is 2.21. The molecule has 0 spiro atoms. The molecule has 198 valence electrons. The summed E-state index contributed by atoms with van der Waals surface area (Å²) >= 11 is 0. The fraction of sp³-hybridized carbons (Fsp3) is 0.320. The molecule has 4 aromatic rings. The first kappa shape index (κ1) is 25.5. The highest BCUT2D eigenvalue weighted by atomic mass is 32.2. The van der Waals surface area contributed by atoms with E-state index >= 15 is 0 Å². The van der Waals surface area contributed by atoms with Crippen LogP contribution >= 0.6 is 0 Å². The van der Waals surface area contributed by atoms with Crippen molar-refractivity contribution in [1.29, 1.82) is 0 Å². The highest BCUT2D eigenvalue weighted by Crippen LogP contribution is 2.24. The number of pyridine rings is 1. The minimum atomic E-state index is -2.42. The van der Waals surface area contributed by atoms with Crippen LogP contribution in [-0.4, -0.2) is 66.7 Å². The van der Waals surface area contributed by atoms with Crippen molar-refractivity contribution in [2.24, 2.45) is 4.36 Å². The van der Waals surface area contributed by atoms with E-state index in [4.69, 9.17) is 4.74 Å². The third-order valence-electron chi connectivity index (χ3n) is 5.78. The van der Waals surface area contributed by atoms with Crippen LogP contribution in [-0.2, 0) is 19.3 Å². The average Bonchev–Trinajstić information content (AvgIpc) is 3.16. The molecule has 13 heteroatoms. The molecule has 1 aromatic carbocycles. The Kier molecular flexibility index (Phi) is 6.71. The first-order valence-corrected chi connectivity index (χ1v) is 14.3. The van der Waals surface area contributed by atoms with Crippen molar-refractivity contribution in [1.82, 2.24) is 24.3 Å². The third-order valence-corrected chi connectivity index (χ3v) is 6.41. The highest BCUT2D eigenvalue weighted by molar-refractivity contribution is 7.92. The zero-order valence-electron chi connectivity index (χ0n) is 21.5. The number of rotatable bonds is 6. The van der Waals surface area contributed by atoms with Gasteiger partial charge in [0.05, 0.1) is 6.61 Å². The fourth-order valence-electron chi connectivity index (χ4n) is 4.20. The molecular weight excluding hydrogens is 508 g/mol. The molecule has 0 radical (unpaired) electrons. The van der Waals surface area contributed by atoms with Gasteiger partial charge in [-0.2, -0.15) is 9.35 Å². The van der Waals surface area contributed by atoms with Crippen molar-refractivity contribution in [2.45, 2.75) is 19.9 Å². The molecule has 1 saturated heterocycles. The second kappa shape index (κ2) is 9.99. The molecule has 4 heterocycles. The van der Waals surface area contributed by atoms with Crippen LogP contribution in [0.1, 0.15) is 19.9 Å². The van der Waals surface area contributed by atoms with Gasteiger partial charge >= 0.3 is 0 Å². The molecule has 38 heavy (non-hydrogen) atoms. The molecule has 0 atom stereocenters. The van der Waals surface area contributed by atoms with Crippen LogP contribution in [0.2, 0.25) is 0 Å². The third kappa shape index (κ3) is 5.15. The van der Waals surface area contributed by atoms with Gasteiger partial charge in [-0.1, -0.05) is 6.07 Å². The summed E-state index contributed by atoms with van der Waals surface area (Å²) in [4.78, 5) is 40.6. The van der Waals surface area contributed by atoms with E-state index < -0.39 is 9.73 Å². The molecular formula is C25H28N8O4S.